The molecule has 0 atom stereocenters. The predicted molar refractivity (Wildman–Crippen MR) is 122 cm³/mol. The highest BCUT2D eigenvalue weighted by atomic mass is 16.5. The van der Waals surface area contributed by atoms with Gasteiger partial charge in [0.25, 0.3) is 5.91 Å². The van der Waals surface area contributed by atoms with E-state index in [2.05, 4.69) is 21.5 Å². The first-order chi connectivity index (χ1) is 15.0. The normalized spacial score (nSPS) is 10.7. The first-order valence-electron chi connectivity index (χ1n) is 10.0. The second-order valence-corrected chi connectivity index (χ2v) is 7.48. The molecule has 4 rings (SSSR count). The number of hydrogen-bond donors (Lipinski definition) is 1. The minimum atomic E-state index is -0.401. The summed E-state index contributed by atoms with van der Waals surface area (Å²) in [6.07, 6.45) is 0. The van der Waals surface area contributed by atoms with Gasteiger partial charge in [-0.15, -0.1) is 5.10 Å². The van der Waals surface area contributed by atoms with Crippen molar-refractivity contribution in [2.24, 2.45) is 0 Å². The van der Waals surface area contributed by atoms with Crippen LogP contribution in [-0.4, -0.2) is 27.8 Å². The highest BCUT2D eigenvalue weighted by Gasteiger charge is 2.20. The van der Waals surface area contributed by atoms with E-state index < -0.39 is 5.91 Å². The molecule has 0 saturated heterocycles. The Morgan fingerprint density at radius 1 is 0.935 bits per heavy atom. The Hall–Kier alpha value is -3.93. The van der Waals surface area contributed by atoms with Crippen LogP contribution in [0.15, 0.2) is 66.7 Å². The third-order valence-electron chi connectivity index (χ3n) is 5.07. The number of para-hydroxylation sites is 2. The molecule has 0 radical (unpaired) electrons. The number of anilines is 1. The van der Waals surface area contributed by atoms with E-state index in [1.54, 1.807) is 23.9 Å². The molecule has 6 nitrogen and oxygen atoms in total. The van der Waals surface area contributed by atoms with E-state index in [4.69, 9.17) is 4.74 Å². The smallest absolute Gasteiger partial charge is 0.295 e. The molecule has 0 saturated carbocycles. The van der Waals surface area contributed by atoms with Crippen LogP contribution in [0, 0.1) is 20.8 Å². The third kappa shape index (κ3) is 4.19. The lowest BCUT2D eigenvalue weighted by Gasteiger charge is -2.10. The van der Waals surface area contributed by atoms with Gasteiger partial charge >= 0.3 is 0 Å². The summed E-state index contributed by atoms with van der Waals surface area (Å²) in [5.74, 6) is 0.867. The summed E-state index contributed by atoms with van der Waals surface area (Å²) in [5, 5.41) is 7.44. The number of nitrogens with zero attached hydrogens (tertiary/aromatic N) is 3. The summed E-state index contributed by atoms with van der Waals surface area (Å²) < 4.78 is 7.07. The molecule has 0 aliphatic rings. The lowest BCUT2D eigenvalue weighted by Crippen LogP contribution is -2.15. The topological polar surface area (TPSA) is 69.0 Å². The van der Waals surface area contributed by atoms with Crippen LogP contribution in [0.2, 0.25) is 0 Å². The van der Waals surface area contributed by atoms with Crippen molar-refractivity contribution in [2.45, 2.75) is 20.8 Å². The number of aromatic nitrogens is 3. The van der Waals surface area contributed by atoms with Crippen molar-refractivity contribution in [3.8, 4) is 22.8 Å². The Kier molecular flexibility index (Phi) is 5.54. The molecule has 3 aromatic carbocycles. The number of hydrogen-bond acceptors (Lipinski definition) is 4. The maximum Gasteiger partial charge on any atom is 0.295 e. The van der Waals surface area contributed by atoms with Crippen molar-refractivity contribution in [2.75, 3.05) is 12.4 Å². The fourth-order valence-electron chi connectivity index (χ4n) is 3.34. The van der Waals surface area contributed by atoms with E-state index in [1.165, 1.54) is 0 Å². The highest BCUT2D eigenvalue weighted by molar-refractivity contribution is 6.02. The van der Waals surface area contributed by atoms with Crippen LogP contribution >= 0.6 is 0 Å². The van der Waals surface area contributed by atoms with Crippen LogP contribution < -0.4 is 10.1 Å². The molecular weight excluding hydrogens is 388 g/mol. The van der Waals surface area contributed by atoms with E-state index in [9.17, 15) is 4.79 Å². The van der Waals surface area contributed by atoms with Gasteiger partial charge in [0, 0.05) is 5.56 Å². The molecule has 0 unspecified atom stereocenters. The quantitative estimate of drug-likeness (QED) is 0.494. The molecule has 31 heavy (non-hydrogen) atoms. The van der Waals surface area contributed by atoms with E-state index in [0.717, 1.165) is 27.9 Å². The third-order valence-corrected chi connectivity index (χ3v) is 5.07. The maximum atomic E-state index is 13.0. The number of nitrogens with one attached hydrogen (secondary N) is 1. The lowest BCUT2D eigenvalue weighted by atomic mass is 10.1. The standard InChI is InChI=1S/C25H24N4O2/c1-16-10-13-19(14-11-16)24-27-23(25(30)26-20-7-5-6-8-22(20)31-4)28-29(24)21-15-17(2)9-12-18(21)3/h5-15H,1-4H3,(H,26,30). The van der Waals surface area contributed by atoms with Crippen molar-refractivity contribution in [3.05, 3.63) is 89.2 Å². The van der Waals surface area contributed by atoms with Crippen LogP contribution in [0.5, 0.6) is 5.75 Å². The fourth-order valence-corrected chi connectivity index (χ4v) is 3.34. The van der Waals surface area contributed by atoms with Gasteiger partial charge in [0.2, 0.25) is 5.82 Å². The van der Waals surface area contributed by atoms with Gasteiger partial charge in [-0.1, -0.05) is 54.1 Å². The maximum absolute atomic E-state index is 13.0. The van der Waals surface area contributed by atoms with Gasteiger partial charge in [-0.3, -0.25) is 4.79 Å². The fraction of sp³-hybridized carbons (Fsp3) is 0.160. The Morgan fingerprint density at radius 2 is 1.65 bits per heavy atom. The first kappa shape index (κ1) is 20.3. The molecule has 156 valence electrons. The first-order valence-corrected chi connectivity index (χ1v) is 10.0. The molecule has 1 N–H and O–H groups in total. The van der Waals surface area contributed by atoms with E-state index in [-0.39, 0.29) is 5.82 Å². The Balaban J connectivity index is 1.80. The number of carbonyl (C=O) groups excluding carboxylic acids is 1. The molecule has 4 aromatic rings. The van der Waals surface area contributed by atoms with Crippen LogP contribution in [-0.2, 0) is 0 Å². The van der Waals surface area contributed by atoms with Crippen molar-refractivity contribution in [1.29, 1.82) is 0 Å². The molecule has 0 spiro atoms. The number of rotatable bonds is 5. The molecular formula is C25H24N4O2. The molecule has 1 aromatic heterocycles. The molecule has 1 amide bonds. The molecule has 6 heteroatoms. The van der Waals surface area contributed by atoms with Gasteiger partial charge in [0.05, 0.1) is 18.5 Å². The van der Waals surface area contributed by atoms with Crippen molar-refractivity contribution >= 4 is 11.6 Å². The summed E-state index contributed by atoms with van der Waals surface area (Å²) in [4.78, 5) is 17.6. The summed E-state index contributed by atoms with van der Waals surface area (Å²) in [7, 11) is 1.56. The zero-order valence-electron chi connectivity index (χ0n) is 18.0. The minimum Gasteiger partial charge on any atom is -0.495 e. The number of methoxy groups -OCH3 is 1. The van der Waals surface area contributed by atoms with E-state index >= 15 is 0 Å². The predicted octanol–water partition coefficient (Wildman–Crippen LogP) is 5.12. The van der Waals surface area contributed by atoms with Gasteiger partial charge < -0.3 is 10.1 Å². The number of aryl methyl sites for hydroxylation is 3. The summed E-state index contributed by atoms with van der Waals surface area (Å²) in [6, 6.07) is 21.4. The van der Waals surface area contributed by atoms with Crippen LogP contribution in [0.1, 0.15) is 27.3 Å². The van der Waals surface area contributed by atoms with E-state index in [0.29, 0.717) is 17.3 Å². The Bertz CT molecular complexity index is 1240. The van der Waals surface area contributed by atoms with Crippen LogP contribution in [0.25, 0.3) is 17.1 Å². The molecule has 0 bridgehead atoms. The van der Waals surface area contributed by atoms with Gasteiger partial charge in [0.15, 0.2) is 5.82 Å². The number of amides is 1. The number of ether oxygens (including phenoxy) is 1. The minimum absolute atomic E-state index is 0.0855. The average molecular weight is 412 g/mol. The van der Waals surface area contributed by atoms with Gasteiger partial charge in [-0.2, -0.15) is 0 Å². The largest absolute Gasteiger partial charge is 0.495 e. The van der Waals surface area contributed by atoms with Gasteiger partial charge in [-0.25, -0.2) is 9.67 Å². The molecule has 0 fully saturated rings. The highest BCUT2D eigenvalue weighted by Crippen LogP contribution is 2.26. The summed E-state index contributed by atoms with van der Waals surface area (Å²) >= 11 is 0. The van der Waals surface area contributed by atoms with Crippen LogP contribution in [0.4, 0.5) is 5.69 Å². The molecule has 0 aliphatic heterocycles. The van der Waals surface area contributed by atoms with Crippen molar-refractivity contribution in [3.63, 3.8) is 0 Å². The van der Waals surface area contributed by atoms with Crippen LogP contribution in [0.3, 0.4) is 0 Å². The van der Waals surface area contributed by atoms with Crippen molar-refractivity contribution < 1.29 is 9.53 Å². The second kappa shape index (κ2) is 8.44. The SMILES string of the molecule is COc1ccccc1NC(=O)c1nc(-c2ccc(C)cc2)n(-c2cc(C)ccc2C)n1. The summed E-state index contributed by atoms with van der Waals surface area (Å²) in [5.41, 5.74) is 5.63. The Morgan fingerprint density at radius 3 is 2.39 bits per heavy atom. The summed E-state index contributed by atoms with van der Waals surface area (Å²) in [6.45, 7) is 6.08. The molecule has 1 heterocycles. The Labute approximate surface area is 181 Å². The zero-order valence-corrected chi connectivity index (χ0v) is 18.0. The lowest BCUT2D eigenvalue weighted by molar-refractivity contribution is 0.101. The number of benzene rings is 3. The zero-order chi connectivity index (χ0) is 22.0. The van der Waals surface area contributed by atoms with E-state index in [1.807, 2.05) is 69.3 Å². The van der Waals surface area contributed by atoms with Gasteiger partial charge in [-0.05, 0) is 50.1 Å². The van der Waals surface area contributed by atoms with Crippen molar-refractivity contribution in [1.82, 2.24) is 14.8 Å². The second-order valence-electron chi connectivity index (χ2n) is 7.48. The molecule has 0 aliphatic carbocycles. The monoisotopic (exact) mass is 412 g/mol. The number of carbonyl (C=O) groups is 1. The van der Waals surface area contributed by atoms with Gasteiger partial charge in [0.1, 0.15) is 5.75 Å². The average Bonchev–Trinajstić information content (AvgIpc) is 3.21.